The number of amides is 1. The van der Waals surface area contributed by atoms with Gasteiger partial charge in [0.2, 0.25) is 0 Å². The van der Waals surface area contributed by atoms with E-state index in [1.807, 2.05) is 13.0 Å². The molecule has 1 aliphatic heterocycles. The zero-order valence-electron chi connectivity index (χ0n) is 13.0. The van der Waals surface area contributed by atoms with Gasteiger partial charge in [0.05, 0.1) is 19.2 Å². The van der Waals surface area contributed by atoms with Gasteiger partial charge in [-0.2, -0.15) is 5.10 Å². The third kappa shape index (κ3) is 3.43. The SMILES string of the molecule is CCc1cc(C(=O)N2CCCCC2CC(=O)OC)n(C)n1. The van der Waals surface area contributed by atoms with Gasteiger partial charge < -0.3 is 9.64 Å². The maximum absolute atomic E-state index is 12.7. The molecule has 6 nitrogen and oxygen atoms in total. The van der Waals surface area contributed by atoms with Crippen LogP contribution in [0.4, 0.5) is 0 Å². The molecule has 1 aromatic heterocycles. The van der Waals surface area contributed by atoms with Crippen LogP contribution in [0.15, 0.2) is 6.07 Å². The summed E-state index contributed by atoms with van der Waals surface area (Å²) in [6.45, 7) is 2.70. The number of carbonyl (C=O) groups is 2. The van der Waals surface area contributed by atoms with Crippen LogP contribution >= 0.6 is 0 Å². The molecule has 0 saturated carbocycles. The molecule has 0 aliphatic carbocycles. The van der Waals surface area contributed by atoms with Crippen LogP contribution in [0.25, 0.3) is 0 Å². The third-order valence-electron chi connectivity index (χ3n) is 4.03. The van der Waals surface area contributed by atoms with Gasteiger partial charge in [-0.15, -0.1) is 0 Å². The fourth-order valence-electron chi connectivity index (χ4n) is 2.80. The summed E-state index contributed by atoms with van der Waals surface area (Å²) < 4.78 is 6.37. The lowest BCUT2D eigenvalue weighted by molar-refractivity contribution is -0.142. The highest BCUT2D eigenvalue weighted by Gasteiger charge is 2.30. The summed E-state index contributed by atoms with van der Waals surface area (Å²) >= 11 is 0. The first-order valence-corrected chi connectivity index (χ1v) is 7.47. The van der Waals surface area contributed by atoms with E-state index >= 15 is 0 Å². The van der Waals surface area contributed by atoms with Crippen molar-refractivity contribution in [3.8, 4) is 0 Å². The largest absolute Gasteiger partial charge is 0.469 e. The van der Waals surface area contributed by atoms with E-state index in [4.69, 9.17) is 4.74 Å². The van der Waals surface area contributed by atoms with Crippen molar-refractivity contribution in [3.63, 3.8) is 0 Å². The van der Waals surface area contributed by atoms with Crippen LogP contribution in [0.3, 0.4) is 0 Å². The van der Waals surface area contributed by atoms with Crippen molar-refractivity contribution < 1.29 is 14.3 Å². The van der Waals surface area contributed by atoms with Gasteiger partial charge in [-0.1, -0.05) is 6.92 Å². The van der Waals surface area contributed by atoms with E-state index in [-0.39, 0.29) is 24.3 Å². The molecular weight excluding hydrogens is 270 g/mol. The van der Waals surface area contributed by atoms with E-state index in [0.29, 0.717) is 12.2 Å². The molecule has 1 amide bonds. The van der Waals surface area contributed by atoms with Crippen LogP contribution in [-0.4, -0.2) is 46.3 Å². The van der Waals surface area contributed by atoms with E-state index in [1.165, 1.54) is 7.11 Å². The van der Waals surface area contributed by atoms with Crippen LogP contribution in [0.5, 0.6) is 0 Å². The van der Waals surface area contributed by atoms with Crippen molar-refractivity contribution in [2.45, 2.75) is 45.1 Å². The molecule has 21 heavy (non-hydrogen) atoms. The van der Waals surface area contributed by atoms with Crippen LogP contribution in [-0.2, 0) is 23.0 Å². The number of aryl methyl sites for hydroxylation is 2. The number of methoxy groups -OCH3 is 1. The lowest BCUT2D eigenvalue weighted by atomic mass is 9.99. The topological polar surface area (TPSA) is 64.4 Å². The molecule has 1 fully saturated rings. The second-order valence-electron chi connectivity index (χ2n) is 5.43. The normalized spacial score (nSPS) is 18.6. The molecule has 116 valence electrons. The van der Waals surface area contributed by atoms with Gasteiger partial charge in [-0.25, -0.2) is 0 Å². The first-order chi connectivity index (χ1) is 10.1. The number of aromatic nitrogens is 2. The Hall–Kier alpha value is -1.85. The van der Waals surface area contributed by atoms with Gasteiger partial charge in [0.15, 0.2) is 0 Å². The molecule has 0 aromatic carbocycles. The van der Waals surface area contributed by atoms with Crippen LogP contribution in [0.1, 0.15) is 48.8 Å². The van der Waals surface area contributed by atoms with Gasteiger partial charge in [0.1, 0.15) is 5.69 Å². The molecule has 2 heterocycles. The number of ether oxygens (including phenoxy) is 1. The second kappa shape index (κ2) is 6.74. The first kappa shape index (κ1) is 15.5. The summed E-state index contributed by atoms with van der Waals surface area (Å²) in [6, 6.07) is 1.77. The highest BCUT2D eigenvalue weighted by atomic mass is 16.5. The minimum absolute atomic E-state index is 0.0432. The van der Waals surface area contributed by atoms with Gasteiger partial charge in [-0.05, 0) is 31.7 Å². The minimum Gasteiger partial charge on any atom is -0.469 e. The molecule has 0 N–H and O–H groups in total. The molecule has 2 rings (SSSR count). The molecule has 1 aliphatic rings. The number of hydrogen-bond acceptors (Lipinski definition) is 4. The van der Waals surface area contributed by atoms with E-state index in [0.717, 1.165) is 31.4 Å². The minimum atomic E-state index is -0.265. The Bertz CT molecular complexity index is 524. The smallest absolute Gasteiger partial charge is 0.307 e. The standard InChI is InChI=1S/C15H23N3O3/c1-4-11-9-13(17(2)16-11)15(20)18-8-6-5-7-12(18)10-14(19)21-3/h9,12H,4-8,10H2,1-3H3. The summed E-state index contributed by atoms with van der Waals surface area (Å²) in [6.07, 6.45) is 3.92. The van der Waals surface area contributed by atoms with Gasteiger partial charge in [0, 0.05) is 19.6 Å². The Balaban J connectivity index is 2.17. The summed E-state index contributed by atoms with van der Waals surface area (Å²) in [5.74, 6) is -0.308. The maximum Gasteiger partial charge on any atom is 0.307 e. The monoisotopic (exact) mass is 293 g/mol. The third-order valence-corrected chi connectivity index (χ3v) is 4.03. The van der Waals surface area contributed by atoms with Crippen LogP contribution < -0.4 is 0 Å². The van der Waals surface area contributed by atoms with E-state index < -0.39 is 0 Å². The van der Waals surface area contributed by atoms with E-state index in [2.05, 4.69) is 5.10 Å². The second-order valence-corrected chi connectivity index (χ2v) is 5.43. The van der Waals surface area contributed by atoms with Crippen molar-refractivity contribution in [1.29, 1.82) is 0 Å². The lowest BCUT2D eigenvalue weighted by Gasteiger charge is -2.35. The number of hydrogen-bond donors (Lipinski definition) is 0. The number of likely N-dealkylation sites (tertiary alicyclic amines) is 1. The van der Waals surface area contributed by atoms with Crippen molar-refractivity contribution in [2.75, 3.05) is 13.7 Å². The predicted octanol–water partition coefficient (Wildman–Crippen LogP) is 1.54. The average molecular weight is 293 g/mol. The Morgan fingerprint density at radius 1 is 1.43 bits per heavy atom. The molecule has 1 saturated heterocycles. The first-order valence-electron chi connectivity index (χ1n) is 7.47. The predicted molar refractivity (Wildman–Crippen MR) is 77.9 cm³/mol. The number of nitrogens with zero attached hydrogens (tertiary/aromatic N) is 3. The Morgan fingerprint density at radius 2 is 2.19 bits per heavy atom. The zero-order chi connectivity index (χ0) is 15.4. The summed E-state index contributed by atoms with van der Waals surface area (Å²) in [4.78, 5) is 26.1. The average Bonchev–Trinajstić information content (AvgIpc) is 2.88. The number of esters is 1. The summed E-state index contributed by atoms with van der Waals surface area (Å²) in [5.41, 5.74) is 1.49. The molecule has 1 atom stereocenters. The molecule has 0 bridgehead atoms. The van der Waals surface area contributed by atoms with Crippen molar-refractivity contribution in [3.05, 3.63) is 17.5 Å². The number of rotatable bonds is 4. The Kier molecular flexibility index (Phi) is 4.98. The van der Waals surface area contributed by atoms with Crippen molar-refractivity contribution in [2.24, 2.45) is 7.05 Å². The molecule has 1 unspecified atom stereocenters. The highest BCUT2D eigenvalue weighted by molar-refractivity contribution is 5.93. The quantitative estimate of drug-likeness (QED) is 0.790. The lowest BCUT2D eigenvalue weighted by Crippen LogP contribution is -2.45. The molecule has 0 spiro atoms. The molecule has 1 aromatic rings. The molecule has 0 radical (unpaired) electrons. The maximum atomic E-state index is 12.7. The van der Waals surface area contributed by atoms with E-state index in [9.17, 15) is 9.59 Å². The van der Waals surface area contributed by atoms with Gasteiger partial charge in [0.25, 0.3) is 5.91 Å². The van der Waals surface area contributed by atoms with Crippen molar-refractivity contribution >= 4 is 11.9 Å². The molecular formula is C15H23N3O3. The van der Waals surface area contributed by atoms with Gasteiger partial charge >= 0.3 is 5.97 Å². The van der Waals surface area contributed by atoms with Crippen LogP contribution in [0.2, 0.25) is 0 Å². The number of piperidine rings is 1. The van der Waals surface area contributed by atoms with Gasteiger partial charge in [-0.3, -0.25) is 14.3 Å². The fraction of sp³-hybridized carbons (Fsp3) is 0.667. The zero-order valence-corrected chi connectivity index (χ0v) is 13.0. The Labute approximate surface area is 125 Å². The van der Waals surface area contributed by atoms with E-state index in [1.54, 1.807) is 16.6 Å². The summed E-state index contributed by atoms with van der Waals surface area (Å²) in [7, 11) is 3.16. The number of carbonyl (C=O) groups excluding carboxylic acids is 2. The highest BCUT2D eigenvalue weighted by Crippen LogP contribution is 2.22. The Morgan fingerprint density at radius 3 is 2.81 bits per heavy atom. The fourth-order valence-corrected chi connectivity index (χ4v) is 2.80. The molecule has 6 heteroatoms. The van der Waals surface area contributed by atoms with Crippen molar-refractivity contribution in [1.82, 2.24) is 14.7 Å². The van der Waals surface area contributed by atoms with Crippen LogP contribution in [0, 0.1) is 0 Å². The summed E-state index contributed by atoms with van der Waals surface area (Å²) in [5, 5.41) is 4.32.